The van der Waals surface area contributed by atoms with E-state index in [0.29, 0.717) is 12.1 Å². The first-order valence-corrected chi connectivity index (χ1v) is 8.47. The van der Waals surface area contributed by atoms with Gasteiger partial charge in [-0.25, -0.2) is 17.6 Å². The first-order chi connectivity index (χ1) is 12.2. The van der Waals surface area contributed by atoms with Gasteiger partial charge in [0.05, 0.1) is 12.0 Å². The van der Waals surface area contributed by atoms with Crippen LogP contribution in [0.1, 0.15) is 12.0 Å². The molecular weight excluding hydrogens is 404 g/mol. The van der Waals surface area contributed by atoms with Crippen molar-refractivity contribution in [1.29, 1.82) is 0 Å². The zero-order valence-electron chi connectivity index (χ0n) is 13.1. The molecule has 1 unspecified atom stereocenters. The highest BCUT2D eigenvalue weighted by Crippen LogP contribution is 2.33. The molecule has 0 fully saturated rings. The van der Waals surface area contributed by atoms with Crippen LogP contribution in [0.25, 0.3) is 0 Å². The Morgan fingerprint density at radius 1 is 1.15 bits per heavy atom. The number of halogens is 4. The molecule has 1 aromatic rings. The normalized spacial score (nSPS) is 12.9. The third-order valence-electron chi connectivity index (χ3n) is 2.88. The summed E-state index contributed by atoms with van der Waals surface area (Å²) < 4.78 is 76.2. The van der Waals surface area contributed by atoms with Gasteiger partial charge >= 0.3 is 18.1 Å². The maximum absolute atomic E-state index is 13.2. The smallest absolute Gasteiger partial charge is 0.419 e. The fraction of sp³-hybridized carbons (Fsp3) is 0.308. The highest BCUT2D eigenvalue weighted by Gasteiger charge is 2.34. The number of hydrogen-bond acceptors (Lipinski definition) is 5. The fourth-order valence-electron chi connectivity index (χ4n) is 1.80. The minimum absolute atomic E-state index is 0.176. The number of alkyl halides is 3. The summed E-state index contributed by atoms with van der Waals surface area (Å²) >= 11 is 0. The fourth-order valence-corrected chi connectivity index (χ4v) is 2.79. The topological polar surface area (TPSA) is 150 Å². The van der Waals surface area contributed by atoms with E-state index in [1.807, 2.05) is 0 Å². The van der Waals surface area contributed by atoms with Crippen LogP contribution >= 0.6 is 0 Å². The summed E-state index contributed by atoms with van der Waals surface area (Å²) in [6.07, 6.45) is -6.12. The van der Waals surface area contributed by atoms with Crippen LogP contribution < -0.4 is 10.0 Å². The second-order valence-electron chi connectivity index (χ2n) is 5.11. The Balaban J connectivity index is 2.88. The minimum atomic E-state index is -5.09. The van der Waals surface area contributed by atoms with Gasteiger partial charge in [-0.3, -0.25) is 14.3 Å². The Kier molecular flexibility index (Phi) is 6.72. The van der Waals surface area contributed by atoms with E-state index >= 15 is 0 Å². The molecule has 0 bridgehead atoms. The zero-order chi connectivity index (χ0) is 21.0. The van der Waals surface area contributed by atoms with E-state index in [9.17, 15) is 40.4 Å². The first-order valence-electron chi connectivity index (χ1n) is 6.82. The van der Waals surface area contributed by atoms with Crippen molar-refractivity contribution in [2.75, 3.05) is 10.5 Å². The number of benzene rings is 1. The van der Waals surface area contributed by atoms with Gasteiger partial charge in [-0.2, -0.15) is 13.2 Å². The number of nitrogens with one attached hydrogen (secondary N) is 2. The summed E-state index contributed by atoms with van der Waals surface area (Å²) in [5.41, 5.74) is -2.42. The van der Waals surface area contributed by atoms with E-state index in [1.54, 1.807) is 10.0 Å². The van der Waals surface area contributed by atoms with E-state index in [1.165, 1.54) is 0 Å². The number of carbonyl (C=O) groups is 3. The molecule has 1 rings (SSSR count). The summed E-state index contributed by atoms with van der Waals surface area (Å²) in [6, 6.07) is -0.679. The van der Waals surface area contributed by atoms with Crippen molar-refractivity contribution in [3.8, 4) is 0 Å². The second-order valence-corrected chi connectivity index (χ2v) is 6.83. The number of amides is 1. The first kappa shape index (κ1) is 22.1. The molecule has 0 aliphatic rings. The van der Waals surface area contributed by atoms with Crippen molar-refractivity contribution in [1.82, 2.24) is 5.32 Å². The average molecular weight is 416 g/mol. The molecule has 0 heterocycles. The van der Waals surface area contributed by atoms with Gasteiger partial charge in [0.2, 0.25) is 15.9 Å². The van der Waals surface area contributed by atoms with Crippen LogP contribution in [-0.4, -0.2) is 48.3 Å². The third-order valence-corrected chi connectivity index (χ3v) is 4.07. The Bertz CT molecular complexity index is 855. The quantitative estimate of drug-likeness (QED) is 0.454. The van der Waals surface area contributed by atoms with Crippen LogP contribution in [0.2, 0.25) is 0 Å². The second kappa shape index (κ2) is 8.20. The van der Waals surface area contributed by atoms with E-state index in [-0.39, 0.29) is 6.07 Å². The van der Waals surface area contributed by atoms with Gasteiger partial charge in [-0.1, -0.05) is 0 Å². The van der Waals surface area contributed by atoms with E-state index in [0.717, 1.165) is 0 Å². The number of hydrogen-bond donors (Lipinski definition) is 4. The van der Waals surface area contributed by atoms with Gasteiger partial charge in [-0.05, 0) is 18.2 Å². The van der Waals surface area contributed by atoms with Crippen LogP contribution in [0.4, 0.5) is 23.2 Å². The van der Waals surface area contributed by atoms with Gasteiger partial charge in [0, 0.05) is 5.69 Å². The van der Waals surface area contributed by atoms with Gasteiger partial charge in [-0.15, -0.1) is 0 Å². The summed E-state index contributed by atoms with van der Waals surface area (Å²) in [4.78, 5) is 32.9. The minimum Gasteiger partial charge on any atom is -0.481 e. The molecule has 1 atom stereocenters. The number of rotatable bonds is 8. The largest absolute Gasteiger partial charge is 0.481 e. The molecule has 14 heteroatoms. The van der Waals surface area contributed by atoms with E-state index < -0.39 is 69.3 Å². The highest BCUT2D eigenvalue weighted by molar-refractivity contribution is 7.93. The maximum atomic E-state index is 13.2. The molecule has 1 aromatic carbocycles. The van der Waals surface area contributed by atoms with Crippen LogP contribution in [0.5, 0.6) is 0 Å². The molecule has 1 amide bonds. The SMILES string of the molecule is O=C(O)CC(NC(=O)CS(=O)(=O)Nc1ccc(F)c(C(F)(F)F)c1)C(=O)O. The molecule has 0 saturated carbocycles. The average Bonchev–Trinajstić information content (AvgIpc) is 2.45. The molecule has 0 spiro atoms. The van der Waals surface area contributed by atoms with Gasteiger partial charge in [0.25, 0.3) is 0 Å². The Hall–Kier alpha value is -2.90. The van der Waals surface area contributed by atoms with E-state index in [4.69, 9.17) is 10.2 Å². The van der Waals surface area contributed by atoms with Crippen LogP contribution in [0, 0.1) is 5.82 Å². The van der Waals surface area contributed by atoms with Crippen LogP contribution in [0.15, 0.2) is 18.2 Å². The van der Waals surface area contributed by atoms with Crippen LogP contribution in [-0.2, 0) is 30.6 Å². The third kappa shape index (κ3) is 7.08. The monoisotopic (exact) mass is 416 g/mol. The van der Waals surface area contributed by atoms with Gasteiger partial charge in [0.15, 0.2) is 0 Å². The number of carbonyl (C=O) groups excluding carboxylic acids is 1. The Labute approximate surface area is 149 Å². The molecule has 0 aliphatic heterocycles. The number of sulfonamides is 1. The lowest BCUT2D eigenvalue weighted by Crippen LogP contribution is -2.45. The van der Waals surface area contributed by atoms with Crippen molar-refractivity contribution in [3.05, 3.63) is 29.6 Å². The predicted molar refractivity (Wildman–Crippen MR) is 80.6 cm³/mol. The zero-order valence-corrected chi connectivity index (χ0v) is 13.9. The number of carboxylic acids is 2. The molecular formula is C13H12F4N2O7S. The summed E-state index contributed by atoms with van der Waals surface area (Å²) in [6.45, 7) is 0. The highest BCUT2D eigenvalue weighted by atomic mass is 32.2. The molecule has 0 aliphatic carbocycles. The number of anilines is 1. The molecule has 27 heavy (non-hydrogen) atoms. The van der Waals surface area contributed by atoms with Crippen molar-refractivity contribution in [3.63, 3.8) is 0 Å². The Morgan fingerprint density at radius 3 is 2.22 bits per heavy atom. The summed E-state index contributed by atoms with van der Waals surface area (Å²) in [5, 5.41) is 18.9. The molecule has 150 valence electrons. The lowest BCUT2D eigenvalue weighted by Gasteiger charge is -2.14. The maximum Gasteiger partial charge on any atom is 0.419 e. The molecule has 4 N–H and O–H groups in total. The standard InChI is InChI=1S/C13H12F4N2O7S/c14-8-2-1-6(3-7(8)13(15,16)17)19-27(25,26)5-10(20)18-9(12(23)24)4-11(21)22/h1-3,9,19H,4-5H2,(H,18,20)(H,21,22)(H,23,24). The Morgan fingerprint density at radius 2 is 1.74 bits per heavy atom. The van der Waals surface area contributed by atoms with Crippen molar-refractivity contribution in [2.45, 2.75) is 18.6 Å². The predicted octanol–water partition coefficient (Wildman–Crippen LogP) is 0.630. The van der Waals surface area contributed by atoms with Crippen molar-refractivity contribution < 1.29 is 50.6 Å². The summed E-state index contributed by atoms with van der Waals surface area (Å²) in [7, 11) is -4.60. The molecule has 0 saturated heterocycles. The lowest BCUT2D eigenvalue weighted by molar-refractivity contribution is -0.147. The lowest BCUT2D eigenvalue weighted by atomic mass is 10.2. The van der Waals surface area contributed by atoms with E-state index in [2.05, 4.69) is 0 Å². The summed E-state index contributed by atoms with van der Waals surface area (Å²) in [5.74, 6) is -7.76. The molecule has 9 nitrogen and oxygen atoms in total. The van der Waals surface area contributed by atoms with Crippen LogP contribution in [0.3, 0.4) is 0 Å². The molecule has 0 aromatic heterocycles. The number of aliphatic carboxylic acids is 2. The van der Waals surface area contributed by atoms with Gasteiger partial charge in [0.1, 0.15) is 17.6 Å². The van der Waals surface area contributed by atoms with Crippen molar-refractivity contribution >= 4 is 33.6 Å². The number of carboxylic acid groups (broad SMARTS) is 2. The molecule has 0 radical (unpaired) electrons. The van der Waals surface area contributed by atoms with Crippen molar-refractivity contribution in [2.24, 2.45) is 0 Å². The van der Waals surface area contributed by atoms with Gasteiger partial charge < -0.3 is 15.5 Å².